The fourth-order valence-corrected chi connectivity index (χ4v) is 0.360. The van der Waals surface area contributed by atoms with Gasteiger partial charge in [0.25, 0.3) is 0 Å². The monoisotopic (exact) mass is 176 g/mol. The number of ether oxygens (including phenoxy) is 2. The van der Waals surface area contributed by atoms with Crippen LogP contribution in [0.5, 0.6) is 0 Å². The van der Waals surface area contributed by atoms with Crippen molar-refractivity contribution >= 4 is 11.9 Å². The van der Waals surface area contributed by atoms with Gasteiger partial charge in [0, 0.05) is 0 Å². The van der Waals surface area contributed by atoms with Gasteiger partial charge in [-0.15, -0.1) is 0 Å². The second-order valence-electron chi connectivity index (χ2n) is 1.80. The van der Waals surface area contributed by atoms with E-state index in [9.17, 15) is 14.0 Å². The SMILES string of the molecule is C/C=C(\F)COC(=O)C(=O)OC. The number of carbonyl (C=O) groups is 2. The molecule has 0 saturated carbocycles. The van der Waals surface area contributed by atoms with E-state index in [0.29, 0.717) is 0 Å². The Morgan fingerprint density at radius 3 is 2.42 bits per heavy atom. The number of allylic oxidation sites excluding steroid dienone is 1. The predicted molar refractivity (Wildman–Crippen MR) is 37.8 cm³/mol. The highest BCUT2D eigenvalue weighted by Crippen LogP contribution is 1.96. The van der Waals surface area contributed by atoms with Gasteiger partial charge in [0.1, 0.15) is 12.4 Å². The standard InChI is InChI=1S/C7H9FO4/c1-3-5(8)4-12-7(10)6(9)11-2/h3H,4H2,1-2H3/b5-3-. The number of hydrogen-bond donors (Lipinski definition) is 0. The van der Waals surface area contributed by atoms with Crippen molar-refractivity contribution in [1.29, 1.82) is 0 Å². The summed E-state index contributed by atoms with van der Waals surface area (Å²) in [6, 6.07) is 0. The zero-order valence-electron chi connectivity index (χ0n) is 6.80. The first-order chi connectivity index (χ1) is 5.61. The zero-order valence-corrected chi connectivity index (χ0v) is 6.80. The lowest BCUT2D eigenvalue weighted by Crippen LogP contribution is -2.19. The Morgan fingerprint density at radius 2 is 2.00 bits per heavy atom. The number of esters is 2. The molecule has 5 heteroatoms. The summed E-state index contributed by atoms with van der Waals surface area (Å²) < 4.78 is 20.5. The average molecular weight is 176 g/mol. The Kier molecular flexibility index (Phi) is 4.67. The summed E-state index contributed by atoms with van der Waals surface area (Å²) in [6.07, 6.45) is 1.13. The second kappa shape index (κ2) is 5.29. The zero-order chi connectivity index (χ0) is 9.56. The van der Waals surface area contributed by atoms with Crippen molar-refractivity contribution < 1.29 is 23.5 Å². The average Bonchev–Trinajstić information content (AvgIpc) is 2.11. The van der Waals surface area contributed by atoms with E-state index in [1.807, 2.05) is 0 Å². The molecule has 0 bridgehead atoms. The van der Waals surface area contributed by atoms with Crippen LogP contribution >= 0.6 is 0 Å². The van der Waals surface area contributed by atoms with Crippen LogP contribution < -0.4 is 0 Å². The van der Waals surface area contributed by atoms with E-state index in [1.165, 1.54) is 6.92 Å². The number of hydrogen-bond acceptors (Lipinski definition) is 4. The van der Waals surface area contributed by atoms with Crippen LogP contribution in [0.3, 0.4) is 0 Å². The molecule has 0 radical (unpaired) electrons. The topological polar surface area (TPSA) is 52.6 Å². The number of methoxy groups -OCH3 is 1. The van der Waals surface area contributed by atoms with Crippen LogP contribution in [0.4, 0.5) is 4.39 Å². The largest absolute Gasteiger partial charge is 0.461 e. The molecule has 0 saturated heterocycles. The molecule has 0 fully saturated rings. The van der Waals surface area contributed by atoms with E-state index in [-0.39, 0.29) is 0 Å². The van der Waals surface area contributed by atoms with Crippen molar-refractivity contribution in [2.75, 3.05) is 13.7 Å². The molecule has 12 heavy (non-hydrogen) atoms. The summed E-state index contributed by atoms with van der Waals surface area (Å²) in [7, 11) is 1.04. The van der Waals surface area contributed by atoms with Crippen molar-refractivity contribution in [2.45, 2.75) is 6.92 Å². The van der Waals surface area contributed by atoms with Crippen LogP contribution in [-0.4, -0.2) is 25.7 Å². The molecule has 0 amide bonds. The van der Waals surface area contributed by atoms with Gasteiger partial charge in [-0.3, -0.25) is 0 Å². The molecule has 0 aromatic rings. The van der Waals surface area contributed by atoms with Gasteiger partial charge in [-0.05, 0) is 6.92 Å². The van der Waals surface area contributed by atoms with E-state index in [4.69, 9.17) is 0 Å². The molecule has 0 atom stereocenters. The lowest BCUT2D eigenvalue weighted by molar-refractivity contribution is -0.165. The maximum Gasteiger partial charge on any atom is 0.417 e. The van der Waals surface area contributed by atoms with Gasteiger partial charge < -0.3 is 9.47 Å². The summed E-state index contributed by atoms with van der Waals surface area (Å²) in [5.74, 6) is -2.96. The van der Waals surface area contributed by atoms with Crippen LogP contribution in [0.15, 0.2) is 11.9 Å². The Labute approximate surface area is 69.0 Å². The number of halogens is 1. The first kappa shape index (κ1) is 10.6. The Hall–Kier alpha value is -1.39. The summed E-state index contributed by atoms with van der Waals surface area (Å²) in [5, 5.41) is 0. The summed E-state index contributed by atoms with van der Waals surface area (Å²) in [4.78, 5) is 20.9. The molecule has 0 unspecified atom stereocenters. The van der Waals surface area contributed by atoms with Gasteiger partial charge >= 0.3 is 11.9 Å². The van der Waals surface area contributed by atoms with Crippen LogP contribution in [0.2, 0.25) is 0 Å². The van der Waals surface area contributed by atoms with Crippen LogP contribution in [0, 0.1) is 0 Å². The van der Waals surface area contributed by atoms with Crippen molar-refractivity contribution in [3.05, 3.63) is 11.9 Å². The molecule has 0 aliphatic heterocycles. The van der Waals surface area contributed by atoms with Gasteiger partial charge in [-0.2, -0.15) is 0 Å². The summed E-state index contributed by atoms with van der Waals surface area (Å²) in [6.45, 7) is 0.908. The normalized spacial score (nSPS) is 10.8. The molecular weight excluding hydrogens is 167 g/mol. The third-order valence-electron chi connectivity index (χ3n) is 1.01. The van der Waals surface area contributed by atoms with Gasteiger partial charge in [0.2, 0.25) is 0 Å². The van der Waals surface area contributed by atoms with Crippen LogP contribution in [0.25, 0.3) is 0 Å². The van der Waals surface area contributed by atoms with E-state index in [0.717, 1.165) is 13.2 Å². The minimum Gasteiger partial charge on any atom is -0.461 e. The van der Waals surface area contributed by atoms with Gasteiger partial charge in [0.15, 0.2) is 0 Å². The Balaban J connectivity index is 3.80. The number of carbonyl (C=O) groups excluding carboxylic acids is 2. The second-order valence-corrected chi connectivity index (χ2v) is 1.80. The summed E-state index contributed by atoms with van der Waals surface area (Å²) in [5.41, 5.74) is 0. The molecule has 4 nitrogen and oxygen atoms in total. The maximum absolute atomic E-state index is 12.3. The van der Waals surface area contributed by atoms with Gasteiger partial charge in [-0.25, -0.2) is 14.0 Å². The number of rotatable bonds is 2. The third kappa shape index (κ3) is 3.70. The molecule has 0 aromatic heterocycles. The van der Waals surface area contributed by atoms with Gasteiger partial charge in [0.05, 0.1) is 7.11 Å². The quantitative estimate of drug-likeness (QED) is 0.456. The molecule has 0 aliphatic rings. The fourth-order valence-electron chi connectivity index (χ4n) is 0.360. The predicted octanol–water partition coefficient (Wildman–Crippen LogP) is 0.576. The molecular formula is C7H9FO4. The van der Waals surface area contributed by atoms with Crippen LogP contribution in [-0.2, 0) is 19.1 Å². The lowest BCUT2D eigenvalue weighted by atomic mass is 10.5. The highest BCUT2D eigenvalue weighted by atomic mass is 19.1. The molecule has 0 aromatic carbocycles. The lowest BCUT2D eigenvalue weighted by Gasteiger charge is -1.99. The first-order valence-corrected chi connectivity index (χ1v) is 3.17. The van der Waals surface area contributed by atoms with Crippen molar-refractivity contribution in [1.82, 2.24) is 0 Å². The minimum atomic E-state index is -1.20. The first-order valence-electron chi connectivity index (χ1n) is 3.17. The van der Waals surface area contributed by atoms with E-state index in [2.05, 4.69) is 9.47 Å². The van der Waals surface area contributed by atoms with Crippen LogP contribution in [0.1, 0.15) is 6.92 Å². The molecule has 0 heterocycles. The maximum atomic E-state index is 12.3. The smallest absolute Gasteiger partial charge is 0.417 e. The fraction of sp³-hybridized carbons (Fsp3) is 0.429. The minimum absolute atomic E-state index is 0.537. The molecule has 0 N–H and O–H groups in total. The Morgan fingerprint density at radius 1 is 1.42 bits per heavy atom. The summed E-state index contributed by atoms with van der Waals surface area (Å²) >= 11 is 0. The Bertz CT molecular complexity index is 209. The van der Waals surface area contributed by atoms with E-state index >= 15 is 0 Å². The van der Waals surface area contributed by atoms with Crippen molar-refractivity contribution in [2.24, 2.45) is 0 Å². The molecule has 0 rings (SSSR count). The van der Waals surface area contributed by atoms with Crippen molar-refractivity contribution in [3.63, 3.8) is 0 Å². The van der Waals surface area contributed by atoms with Gasteiger partial charge in [-0.1, -0.05) is 6.08 Å². The van der Waals surface area contributed by atoms with E-state index in [1.54, 1.807) is 0 Å². The molecule has 68 valence electrons. The highest BCUT2D eigenvalue weighted by Gasteiger charge is 2.15. The van der Waals surface area contributed by atoms with Crippen molar-refractivity contribution in [3.8, 4) is 0 Å². The molecule has 0 aliphatic carbocycles. The highest BCUT2D eigenvalue weighted by molar-refractivity contribution is 6.29. The molecule has 0 spiro atoms. The third-order valence-corrected chi connectivity index (χ3v) is 1.01. The van der Waals surface area contributed by atoms with E-state index < -0.39 is 24.4 Å².